The van der Waals surface area contributed by atoms with Crippen LogP contribution in [0.1, 0.15) is 36.9 Å². The Labute approximate surface area is 148 Å². The zero-order valence-corrected chi connectivity index (χ0v) is 14.8. The van der Waals surface area contributed by atoms with Gasteiger partial charge in [0.2, 0.25) is 5.91 Å². The zero-order valence-electron chi connectivity index (χ0n) is 13.9. The van der Waals surface area contributed by atoms with Crippen LogP contribution in [0.15, 0.2) is 53.5 Å². The maximum absolute atomic E-state index is 11.9. The third-order valence-corrected chi connectivity index (χ3v) is 3.76. The van der Waals surface area contributed by atoms with E-state index in [-0.39, 0.29) is 36.5 Å². The van der Waals surface area contributed by atoms with Crippen molar-refractivity contribution in [1.29, 1.82) is 0 Å². The molecule has 6 heteroatoms. The second-order valence-corrected chi connectivity index (χ2v) is 5.90. The predicted octanol–water partition coefficient (Wildman–Crippen LogP) is 2.21. The smallest absolute Gasteiger partial charge is 0.250 e. The first-order valence-corrected chi connectivity index (χ1v) is 7.75. The molecule has 1 unspecified atom stereocenters. The molecule has 0 aliphatic carbocycles. The first-order chi connectivity index (χ1) is 11.0. The van der Waals surface area contributed by atoms with Gasteiger partial charge in [-0.25, -0.2) is 0 Å². The normalized spacial score (nSPS) is 11.7. The summed E-state index contributed by atoms with van der Waals surface area (Å²) in [6.07, 6.45) is 1.59. The van der Waals surface area contributed by atoms with Crippen LogP contribution >= 0.6 is 12.4 Å². The van der Waals surface area contributed by atoms with Crippen LogP contribution in [0.3, 0.4) is 0 Å². The van der Waals surface area contributed by atoms with Gasteiger partial charge in [-0.15, -0.1) is 12.4 Å². The van der Waals surface area contributed by atoms with Gasteiger partial charge >= 0.3 is 0 Å². The number of nitrogens with zero attached hydrogens (tertiary/aromatic N) is 1. The lowest BCUT2D eigenvalue weighted by atomic mass is 9.99. The number of nitrogens with two attached hydrogens (primary N) is 1. The zero-order chi connectivity index (χ0) is 16.8. The molecular weight excluding hydrogens is 326 g/mol. The Kier molecular flexibility index (Phi) is 7.68. The molecular formula is C18H24ClN3O2. The number of hydrogen-bond acceptors (Lipinski definition) is 3. The molecule has 0 bridgehead atoms. The van der Waals surface area contributed by atoms with Gasteiger partial charge in [-0.1, -0.05) is 44.2 Å². The van der Waals surface area contributed by atoms with Crippen molar-refractivity contribution in [3.05, 3.63) is 70.1 Å². The lowest BCUT2D eigenvalue weighted by Gasteiger charge is -2.15. The summed E-state index contributed by atoms with van der Waals surface area (Å²) in [6.45, 7) is 4.61. The topological polar surface area (TPSA) is 77.1 Å². The van der Waals surface area contributed by atoms with Crippen molar-refractivity contribution in [2.24, 2.45) is 5.73 Å². The molecule has 1 heterocycles. The van der Waals surface area contributed by atoms with Gasteiger partial charge in [0.15, 0.2) is 0 Å². The van der Waals surface area contributed by atoms with E-state index in [1.807, 2.05) is 12.1 Å². The third-order valence-electron chi connectivity index (χ3n) is 3.76. The number of rotatable bonds is 6. The maximum atomic E-state index is 11.9. The highest BCUT2D eigenvalue weighted by molar-refractivity contribution is 5.85. The van der Waals surface area contributed by atoms with Crippen LogP contribution in [0.5, 0.6) is 0 Å². The number of carbonyl (C=O) groups excluding carboxylic acids is 1. The molecule has 1 amide bonds. The van der Waals surface area contributed by atoms with E-state index in [9.17, 15) is 9.59 Å². The van der Waals surface area contributed by atoms with E-state index in [2.05, 4.69) is 31.3 Å². The molecule has 0 spiro atoms. The van der Waals surface area contributed by atoms with E-state index in [0.717, 1.165) is 5.56 Å². The van der Waals surface area contributed by atoms with Crippen LogP contribution in [-0.2, 0) is 11.3 Å². The second-order valence-electron chi connectivity index (χ2n) is 5.90. The van der Waals surface area contributed by atoms with Crippen molar-refractivity contribution in [2.45, 2.75) is 32.4 Å². The Hall–Kier alpha value is -2.11. The minimum Gasteiger partial charge on any atom is -0.353 e. The average Bonchev–Trinajstić information content (AvgIpc) is 2.55. The third kappa shape index (κ3) is 5.51. The largest absolute Gasteiger partial charge is 0.353 e. The van der Waals surface area contributed by atoms with E-state index in [1.54, 1.807) is 18.3 Å². The highest BCUT2D eigenvalue weighted by Crippen LogP contribution is 2.17. The van der Waals surface area contributed by atoms with E-state index in [0.29, 0.717) is 12.5 Å². The van der Waals surface area contributed by atoms with Gasteiger partial charge in [-0.3, -0.25) is 9.59 Å². The fourth-order valence-corrected chi connectivity index (χ4v) is 2.27. The molecule has 0 aliphatic heterocycles. The van der Waals surface area contributed by atoms with Crippen LogP contribution in [0, 0.1) is 0 Å². The number of carbonyl (C=O) groups is 1. The fourth-order valence-electron chi connectivity index (χ4n) is 2.27. The molecule has 5 nitrogen and oxygen atoms in total. The van der Waals surface area contributed by atoms with Crippen LogP contribution in [0.2, 0.25) is 0 Å². The quantitative estimate of drug-likeness (QED) is 0.839. The Bertz CT molecular complexity index is 711. The summed E-state index contributed by atoms with van der Waals surface area (Å²) in [5.74, 6) is 0.247. The first kappa shape index (κ1) is 19.9. The van der Waals surface area contributed by atoms with Gasteiger partial charge in [0.1, 0.15) is 6.54 Å². The summed E-state index contributed by atoms with van der Waals surface area (Å²) in [7, 11) is 0. The molecule has 2 aromatic rings. The molecule has 0 fully saturated rings. The summed E-state index contributed by atoms with van der Waals surface area (Å²) in [5.41, 5.74) is 8.15. The molecule has 3 N–H and O–H groups in total. The van der Waals surface area contributed by atoms with E-state index >= 15 is 0 Å². The van der Waals surface area contributed by atoms with Gasteiger partial charge < -0.3 is 15.6 Å². The van der Waals surface area contributed by atoms with E-state index in [1.165, 1.54) is 16.2 Å². The van der Waals surface area contributed by atoms with Gasteiger partial charge in [0.25, 0.3) is 5.56 Å². The Morgan fingerprint density at radius 3 is 2.33 bits per heavy atom. The lowest BCUT2D eigenvalue weighted by Crippen LogP contribution is -2.36. The van der Waals surface area contributed by atoms with E-state index < -0.39 is 0 Å². The Balaban J connectivity index is 0.00000288. The highest BCUT2D eigenvalue weighted by atomic mass is 35.5. The SMILES string of the molecule is CC(C)c1ccc(C(N)CNC(=O)Cn2ccccc2=O)cc1.Cl. The summed E-state index contributed by atoms with van der Waals surface area (Å²) in [5, 5.41) is 2.77. The van der Waals surface area contributed by atoms with Crippen molar-refractivity contribution >= 4 is 18.3 Å². The number of nitrogens with one attached hydrogen (secondary N) is 1. The van der Waals surface area contributed by atoms with Crippen molar-refractivity contribution in [1.82, 2.24) is 9.88 Å². The standard InChI is InChI=1S/C18H23N3O2.ClH/c1-13(2)14-6-8-15(9-7-14)16(19)11-20-17(22)12-21-10-4-3-5-18(21)23;/h3-10,13,16H,11-12,19H2,1-2H3,(H,20,22);1H. The van der Waals surface area contributed by atoms with Crippen LogP contribution < -0.4 is 16.6 Å². The number of aromatic nitrogens is 1. The van der Waals surface area contributed by atoms with Gasteiger partial charge in [-0.05, 0) is 23.1 Å². The van der Waals surface area contributed by atoms with Crippen molar-refractivity contribution < 1.29 is 4.79 Å². The second kappa shape index (κ2) is 9.25. The van der Waals surface area contributed by atoms with Gasteiger partial charge in [0, 0.05) is 24.8 Å². The summed E-state index contributed by atoms with van der Waals surface area (Å²) < 4.78 is 1.36. The molecule has 0 radical (unpaired) electrons. The number of hydrogen-bond donors (Lipinski definition) is 2. The Morgan fingerprint density at radius 2 is 1.75 bits per heavy atom. The molecule has 0 saturated heterocycles. The summed E-state index contributed by atoms with van der Waals surface area (Å²) in [4.78, 5) is 23.5. The molecule has 2 rings (SSSR count). The maximum Gasteiger partial charge on any atom is 0.250 e. The molecule has 0 saturated carbocycles. The number of amides is 1. The first-order valence-electron chi connectivity index (χ1n) is 7.75. The number of halogens is 1. The van der Waals surface area contributed by atoms with Crippen molar-refractivity contribution in [2.75, 3.05) is 6.54 Å². The molecule has 1 aromatic heterocycles. The van der Waals surface area contributed by atoms with E-state index in [4.69, 9.17) is 5.73 Å². The predicted molar refractivity (Wildman–Crippen MR) is 98.4 cm³/mol. The minimum absolute atomic E-state index is 0. The van der Waals surface area contributed by atoms with Crippen LogP contribution in [-0.4, -0.2) is 17.0 Å². The summed E-state index contributed by atoms with van der Waals surface area (Å²) in [6, 6.07) is 12.6. The van der Waals surface area contributed by atoms with Crippen LogP contribution in [0.25, 0.3) is 0 Å². The van der Waals surface area contributed by atoms with Gasteiger partial charge in [0.05, 0.1) is 0 Å². The molecule has 130 valence electrons. The molecule has 24 heavy (non-hydrogen) atoms. The van der Waals surface area contributed by atoms with Crippen LogP contribution in [0.4, 0.5) is 0 Å². The average molecular weight is 350 g/mol. The fraction of sp³-hybridized carbons (Fsp3) is 0.333. The lowest BCUT2D eigenvalue weighted by molar-refractivity contribution is -0.121. The minimum atomic E-state index is -0.271. The molecule has 0 aliphatic rings. The van der Waals surface area contributed by atoms with Crippen molar-refractivity contribution in [3.8, 4) is 0 Å². The van der Waals surface area contributed by atoms with Gasteiger partial charge in [-0.2, -0.15) is 0 Å². The van der Waals surface area contributed by atoms with Crippen molar-refractivity contribution in [3.63, 3.8) is 0 Å². The number of pyridine rings is 1. The molecule has 1 atom stereocenters. The highest BCUT2D eigenvalue weighted by Gasteiger charge is 2.09. The summed E-state index contributed by atoms with van der Waals surface area (Å²) >= 11 is 0. The molecule has 1 aromatic carbocycles. The Morgan fingerprint density at radius 1 is 1.12 bits per heavy atom. The monoisotopic (exact) mass is 349 g/mol. The number of benzene rings is 1.